The van der Waals surface area contributed by atoms with E-state index in [0.717, 1.165) is 25.1 Å². The maximum atomic E-state index is 12.7. The van der Waals surface area contributed by atoms with E-state index < -0.39 is 0 Å². The lowest BCUT2D eigenvalue weighted by atomic mass is 10.0. The largest absolute Gasteiger partial charge is 0.331 e. The van der Waals surface area contributed by atoms with Crippen molar-refractivity contribution in [2.75, 3.05) is 13.1 Å². The van der Waals surface area contributed by atoms with E-state index in [9.17, 15) is 4.79 Å². The van der Waals surface area contributed by atoms with Gasteiger partial charge in [0.05, 0.1) is 12.2 Å². The van der Waals surface area contributed by atoms with Crippen LogP contribution in [0.2, 0.25) is 0 Å². The Morgan fingerprint density at radius 3 is 2.81 bits per heavy atom. The average Bonchev–Trinajstić information content (AvgIpc) is 3.30. The van der Waals surface area contributed by atoms with Crippen molar-refractivity contribution in [3.63, 3.8) is 0 Å². The summed E-state index contributed by atoms with van der Waals surface area (Å²) in [4.78, 5) is 14.6. The number of carbonyl (C=O) groups is 1. The minimum Gasteiger partial charge on any atom is -0.331 e. The fraction of sp³-hybridized carbons (Fsp3) is 0.333. The Morgan fingerprint density at radius 1 is 1.23 bits per heavy atom. The minimum absolute atomic E-state index is 0.0112. The highest BCUT2D eigenvalue weighted by Gasteiger charge is 2.28. The number of aryl methyl sites for hydroxylation is 1. The number of rotatable bonds is 3. The van der Waals surface area contributed by atoms with Crippen LogP contribution in [0.4, 0.5) is 4.79 Å². The van der Waals surface area contributed by atoms with E-state index in [1.165, 1.54) is 16.3 Å². The maximum absolute atomic E-state index is 12.7. The van der Waals surface area contributed by atoms with Crippen LogP contribution in [-0.2, 0) is 7.05 Å². The van der Waals surface area contributed by atoms with Gasteiger partial charge >= 0.3 is 6.03 Å². The predicted molar refractivity (Wildman–Crippen MR) is 103 cm³/mol. The number of likely N-dealkylation sites (tertiary alicyclic amines) is 1. The van der Waals surface area contributed by atoms with E-state index in [0.29, 0.717) is 5.92 Å². The van der Waals surface area contributed by atoms with Crippen molar-refractivity contribution in [3.05, 3.63) is 66.0 Å². The van der Waals surface area contributed by atoms with Crippen LogP contribution in [0.3, 0.4) is 0 Å². The van der Waals surface area contributed by atoms with Gasteiger partial charge in [0, 0.05) is 32.3 Å². The molecule has 26 heavy (non-hydrogen) atoms. The fourth-order valence-electron chi connectivity index (χ4n) is 3.70. The summed E-state index contributed by atoms with van der Waals surface area (Å²) >= 11 is 0. The second-order valence-corrected chi connectivity index (χ2v) is 7.16. The van der Waals surface area contributed by atoms with Gasteiger partial charge in [-0.15, -0.1) is 0 Å². The first-order chi connectivity index (χ1) is 12.6. The summed E-state index contributed by atoms with van der Waals surface area (Å²) < 4.78 is 1.82. The zero-order valence-corrected chi connectivity index (χ0v) is 15.2. The molecule has 0 unspecified atom stereocenters. The van der Waals surface area contributed by atoms with Gasteiger partial charge < -0.3 is 10.2 Å². The fourth-order valence-corrected chi connectivity index (χ4v) is 3.70. The third kappa shape index (κ3) is 3.29. The lowest BCUT2D eigenvalue weighted by Gasteiger charge is -2.21. The summed E-state index contributed by atoms with van der Waals surface area (Å²) in [6, 6.07) is 14.6. The van der Waals surface area contributed by atoms with Gasteiger partial charge in [-0.1, -0.05) is 36.4 Å². The van der Waals surface area contributed by atoms with E-state index in [-0.39, 0.29) is 12.1 Å². The number of benzene rings is 2. The van der Waals surface area contributed by atoms with Crippen molar-refractivity contribution < 1.29 is 4.79 Å². The second-order valence-electron chi connectivity index (χ2n) is 7.16. The summed E-state index contributed by atoms with van der Waals surface area (Å²) in [6.45, 7) is 3.58. The first kappa shape index (κ1) is 16.6. The molecular formula is C21H24N4O. The number of carbonyl (C=O) groups excluding carboxylic acids is 1. The molecule has 1 N–H and O–H groups in total. The van der Waals surface area contributed by atoms with Crippen molar-refractivity contribution in [1.29, 1.82) is 0 Å². The Bertz CT molecular complexity index is 932. The molecule has 0 spiro atoms. The van der Waals surface area contributed by atoms with Crippen LogP contribution in [0, 0.1) is 0 Å². The van der Waals surface area contributed by atoms with Crippen LogP contribution in [0.5, 0.6) is 0 Å². The molecule has 5 nitrogen and oxygen atoms in total. The first-order valence-corrected chi connectivity index (χ1v) is 9.13. The topological polar surface area (TPSA) is 50.2 Å². The Labute approximate surface area is 153 Å². The Kier molecular flexibility index (Phi) is 4.37. The molecule has 2 amide bonds. The van der Waals surface area contributed by atoms with Crippen LogP contribution < -0.4 is 5.32 Å². The zero-order valence-electron chi connectivity index (χ0n) is 15.2. The molecule has 0 aliphatic carbocycles. The second kappa shape index (κ2) is 6.83. The van der Waals surface area contributed by atoms with Gasteiger partial charge in [-0.3, -0.25) is 4.68 Å². The highest BCUT2D eigenvalue weighted by molar-refractivity contribution is 5.83. The molecule has 0 saturated carbocycles. The SMILES string of the molecule is C[C@@H](NC(=O)N1CC[C@@H](c2cnn(C)c2)C1)c1ccc2ccccc2c1. The molecule has 4 rings (SSSR count). The van der Waals surface area contributed by atoms with Gasteiger partial charge in [-0.05, 0) is 41.3 Å². The van der Waals surface area contributed by atoms with Crippen molar-refractivity contribution in [2.24, 2.45) is 7.05 Å². The molecule has 5 heteroatoms. The zero-order chi connectivity index (χ0) is 18.1. The monoisotopic (exact) mass is 348 g/mol. The molecule has 1 saturated heterocycles. The van der Waals surface area contributed by atoms with Gasteiger partial charge in [0.25, 0.3) is 0 Å². The van der Waals surface area contributed by atoms with E-state index in [4.69, 9.17) is 0 Å². The number of nitrogens with one attached hydrogen (secondary N) is 1. The number of hydrogen-bond acceptors (Lipinski definition) is 2. The number of urea groups is 1. The van der Waals surface area contributed by atoms with Gasteiger partial charge in [-0.2, -0.15) is 5.10 Å². The van der Waals surface area contributed by atoms with Crippen LogP contribution in [-0.4, -0.2) is 33.8 Å². The molecule has 1 aromatic heterocycles. The number of hydrogen-bond donors (Lipinski definition) is 1. The molecule has 1 aliphatic rings. The van der Waals surface area contributed by atoms with E-state index in [2.05, 4.69) is 40.7 Å². The molecule has 134 valence electrons. The van der Waals surface area contributed by atoms with E-state index in [1.54, 1.807) is 0 Å². The molecule has 0 bridgehead atoms. The van der Waals surface area contributed by atoms with Crippen LogP contribution in [0.1, 0.15) is 36.4 Å². The summed E-state index contributed by atoms with van der Waals surface area (Å²) in [7, 11) is 1.92. The summed E-state index contributed by atoms with van der Waals surface area (Å²) in [5.74, 6) is 0.380. The van der Waals surface area contributed by atoms with Crippen LogP contribution >= 0.6 is 0 Å². The Hall–Kier alpha value is -2.82. The number of amides is 2. The molecule has 2 heterocycles. The Morgan fingerprint density at radius 2 is 2.04 bits per heavy atom. The lowest BCUT2D eigenvalue weighted by molar-refractivity contribution is 0.205. The van der Waals surface area contributed by atoms with E-state index in [1.807, 2.05) is 48.1 Å². The average molecular weight is 348 g/mol. The molecule has 0 radical (unpaired) electrons. The number of fused-ring (bicyclic) bond motifs is 1. The minimum atomic E-state index is -0.0236. The molecule has 2 atom stereocenters. The maximum Gasteiger partial charge on any atom is 0.317 e. The lowest BCUT2D eigenvalue weighted by Crippen LogP contribution is -2.39. The predicted octanol–water partition coefficient (Wildman–Crippen LogP) is 3.83. The van der Waals surface area contributed by atoms with Crippen molar-refractivity contribution in [1.82, 2.24) is 20.0 Å². The van der Waals surface area contributed by atoms with Gasteiger partial charge in [-0.25, -0.2) is 4.79 Å². The van der Waals surface area contributed by atoms with Crippen molar-refractivity contribution in [2.45, 2.75) is 25.3 Å². The van der Waals surface area contributed by atoms with Gasteiger partial charge in [0.15, 0.2) is 0 Å². The van der Waals surface area contributed by atoms with Crippen LogP contribution in [0.25, 0.3) is 10.8 Å². The highest BCUT2D eigenvalue weighted by atomic mass is 16.2. The third-order valence-corrected chi connectivity index (χ3v) is 5.29. The standard InChI is InChI=1S/C21H24N4O/c1-15(17-8-7-16-5-3-4-6-18(16)11-17)23-21(26)25-10-9-19(14-25)20-12-22-24(2)13-20/h3-8,11-13,15,19H,9-10,14H2,1-2H3,(H,23,26)/t15-,19-/m1/s1. The van der Waals surface area contributed by atoms with E-state index >= 15 is 0 Å². The van der Waals surface area contributed by atoms with Gasteiger partial charge in [0.2, 0.25) is 0 Å². The summed E-state index contributed by atoms with van der Waals surface area (Å²) in [5, 5.41) is 9.80. The normalized spacial score (nSPS) is 18.2. The van der Waals surface area contributed by atoms with Crippen LogP contribution in [0.15, 0.2) is 54.9 Å². The number of aromatic nitrogens is 2. The third-order valence-electron chi connectivity index (χ3n) is 5.29. The Balaban J connectivity index is 1.40. The van der Waals surface area contributed by atoms with Crippen molar-refractivity contribution in [3.8, 4) is 0 Å². The molecule has 1 aliphatic heterocycles. The summed E-state index contributed by atoms with van der Waals surface area (Å²) in [5.41, 5.74) is 2.34. The molecule has 3 aromatic rings. The van der Waals surface area contributed by atoms with Gasteiger partial charge in [0.1, 0.15) is 0 Å². The smallest absolute Gasteiger partial charge is 0.317 e. The molecule has 1 fully saturated rings. The molecular weight excluding hydrogens is 324 g/mol. The highest BCUT2D eigenvalue weighted by Crippen LogP contribution is 2.27. The quantitative estimate of drug-likeness (QED) is 0.782. The molecule has 2 aromatic carbocycles. The summed E-state index contributed by atoms with van der Waals surface area (Å²) in [6.07, 6.45) is 4.94. The van der Waals surface area contributed by atoms with Crippen molar-refractivity contribution >= 4 is 16.8 Å². The first-order valence-electron chi connectivity index (χ1n) is 9.13. The number of nitrogens with zero attached hydrogens (tertiary/aromatic N) is 3.